The molecule has 7 nitrogen and oxygen atoms in total. The van der Waals surface area contributed by atoms with Crippen LogP contribution in [0.4, 0.5) is 0 Å². The average molecular weight is 403 g/mol. The highest BCUT2D eigenvalue weighted by molar-refractivity contribution is 5.94. The van der Waals surface area contributed by atoms with Crippen LogP contribution in [0.25, 0.3) is 5.69 Å². The zero-order valence-corrected chi connectivity index (χ0v) is 16.7. The molecule has 2 N–H and O–H groups in total. The van der Waals surface area contributed by atoms with Gasteiger partial charge in [0.2, 0.25) is 0 Å². The summed E-state index contributed by atoms with van der Waals surface area (Å²) in [6.45, 7) is 2.49. The molecule has 0 radical (unpaired) electrons. The van der Waals surface area contributed by atoms with E-state index in [1.54, 1.807) is 30.9 Å². The number of carbonyl (C=O) groups excluding carboxylic acids is 1. The molecule has 154 valence electrons. The van der Waals surface area contributed by atoms with Crippen LogP contribution in [-0.4, -0.2) is 50.9 Å². The highest BCUT2D eigenvalue weighted by Crippen LogP contribution is 2.14. The topological polar surface area (TPSA) is 82.8 Å². The lowest BCUT2D eigenvalue weighted by molar-refractivity contribution is 0.0668. The van der Waals surface area contributed by atoms with E-state index in [0.717, 1.165) is 42.7 Å². The Hall–Kier alpha value is -3.29. The van der Waals surface area contributed by atoms with Gasteiger partial charge in [-0.05, 0) is 54.8 Å². The van der Waals surface area contributed by atoms with Crippen molar-refractivity contribution in [2.75, 3.05) is 13.1 Å². The lowest BCUT2D eigenvalue weighted by Gasteiger charge is -2.29. The average Bonchev–Trinajstić information content (AvgIpc) is 3.30. The third-order valence-electron chi connectivity index (χ3n) is 5.18. The fraction of sp³-hybridized carbons (Fsp3) is 0.261. The third kappa shape index (κ3) is 5.20. The van der Waals surface area contributed by atoms with Crippen LogP contribution >= 0.6 is 0 Å². The zero-order valence-electron chi connectivity index (χ0n) is 16.7. The van der Waals surface area contributed by atoms with Gasteiger partial charge in [0.1, 0.15) is 0 Å². The number of nitrogens with one attached hydrogen (secondary N) is 1. The third-order valence-corrected chi connectivity index (χ3v) is 5.18. The minimum Gasteiger partial charge on any atom is -0.392 e. The van der Waals surface area contributed by atoms with Gasteiger partial charge in [0, 0.05) is 36.7 Å². The Balaban J connectivity index is 1.29. The number of aromatic nitrogens is 2. The number of aliphatic hydroxyl groups is 1. The van der Waals surface area contributed by atoms with Gasteiger partial charge in [-0.25, -0.2) is 10.4 Å². The Labute approximate surface area is 175 Å². The number of nitrogens with zero attached hydrogens (tertiary/aromatic N) is 4. The van der Waals surface area contributed by atoms with E-state index in [2.05, 4.69) is 20.4 Å². The van der Waals surface area contributed by atoms with E-state index in [-0.39, 0.29) is 12.0 Å². The smallest absolute Gasteiger partial charge is 0.271 e. The summed E-state index contributed by atoms with van der Waals surface area (Å²) >= 11 is 0. The van der Waals surface area contributed by atoms with Crippen LogP contribution in [0.2, 0.25) is 0 Å². The summed E-state index contributed by atoms with van der Waals surface area (Å²) in [7, 11) is 0. The molecule has 1 aliphatic heterocycles. The SMILES string of the molecule is O=C(N/N=C/c1ccc(-n2ccnc2)cc1)c1ccc(CN2CCCC(O)C2)cc1. The number of hydrogen-bond acceptors (Lipinski definition) is 5. The first-order chi connectivity index (χ1) is 14.7. The van der Waals surface area contributed by atoms with Crippen LogP contribution < -0.4 is 5.43 Å². The van der Waals surface area contributed by atoms with Gasteiger partial charge in [-0.15, -0.1) is 0 Å². The van der Waals surface area contributed by atoms with Crippen molar-refractivity contribution >= 4 is 12.1 Å². The van der Waals surface area contributed by atoms with E-state index in [9.17, 15) is 9.90 Å². The lowest BCUT2D eigenvalue weighted by Crippen LogP contribution is -2.37. The summed E-state index contributed by atoms with van der Waals surface area (Å²) in [4.78, 5) is 18.6. The Morgan fingerprint density at radius 1 is 1.20 bits per heavy atom. The van der Waals surface area contributed by atoms with Gasteiger partial charge >= 0.3 is 0 Å². The molecule has 0 spiro atoms. The first-order valence-corrected chi connectivity index (χ1v) is 10.1. The van der Waals surface area contributed by atoms with Gasteiger partial charge in [0.25, 0.3) is 5.91 Å². The number of carbonyl (C=O) groups is 1. The van der Waals surface area contributed by atoms with E-state index < -0.39 is 0 Å². The van der Waals surface area contributed by atoms with Crippen molar-refractivity contribution in [2.45, 2.75) is 25.5 Å². The molecule has 1 unspecified atom stereocenters. The van der Waals surface area contributed by atoms with Crippen molar-refractivity contribution in [2.24, 2.45) is 5.10 Å². The number of rotatable bonds is 6. The predicted octanol–water partition coefficient (Wildman–Crippen LogP) is 2.59. The normalized spacial score (nSPS) is 17.3. The number of amides is 1. The van der Waals surface area contributed by atoms with Crippen molar-refractivity contribution in [3.05, 3.63) is 83.9 Å². The number of hydrogen-bond donors (Lipinski definition) is 2. The van der Waals surface area contributed by atoms with Crippen LogP contribution in [0.3, 0.4) is 0 Å². The first-order valence-electron chi connectivity index (χ1n) is 10.1. The van der Waals surface area contributed by atoms with Gasteiger partial charge in [-0.2, -0.15) is 5.10 Å². The Kier molecular flexibility index (Phi) is 6.32. The number of benzene rings is 2. The van der Waals surface area contributed by atoms with E-state index in [4.69, 9.17) is 0 Å². The summed E-state index contributed by atoms with van der Waals surface area (Å²) in [6, 6.07) is 15.3. The Bertz CT molecular complexity index is 981. The molecule has 0 saturated carbocycles. The summed E-state index contributed by atoms with van der Waals surface area (Å²) < 4.78 is 1.92. The summed E-state index contributed by atoms with van der Waals surface area (Å²) in [5.74, 6) is -0.249. The largest absolute Gasteiger partial charge is 0.392 e. The fourth-order valence-corrected chi connectivity index (χ4v) is 3.57. The molecule has 1 atom stereocenters. The number of likely N-dealkylation sites (tertiary alicyclic amines) is 1. The molecule has 4 rings (SSSR count). The van der Waals surface area contributed by atoms with Crippen molar-refractivity contribution in [1.82, 2.24) is 19.9 Å². The van der Waals surface area contributed by atoms with E-state index in [0.29, 0.717) is 12.1 Å². The second-order valence-corrected chi connectivity index (χ2v) is 7.49. The molecule has 1 amide bonds. The minimum atomic E-state index is -0.249. The molecule has 30 heavy (non-hydrogen) atoms. The van der Waals surface area contributed by atoms with Gasteiger partial charge in [0.15, 0.2) is 0 Å². The van der Waals surface area contributed by atoms with Crippen molar-refractivity contribution in [3.8, 4) is 5.69 Å². The number of β-amino-alcohol motifs (C(OH)–C–C–N with tert-alkyl or cyclic N) is 1. The molecule has 1 fully saturated rings. The maximum absolute atomic E-state index is 12.3. The van der Waals surface area contributed by atoms with Gasteiger partial charge < -0.3 is 9.67 Å². The second kappa shape index (κ2) is 9.47. The van der Waals surface area contributed by atoms with Gasteiger partial charge in [-0.3, -0.25) is 9.69 Å². The maximum Gasteiger partial charge on any atom is 0.271 e. The first kappa shape index (κ1) is 20.0. The summed E-state index contributed by atoms with van der Waals surface area (Å²) in [5, 5.41) is 13.8. The van der Waals surface area contributed by atoms with Crippen molar-refractivity contribution in [3.63, 3.8) is 0 Å². The standard InChI is InChI=1S/C23H25N5O2/c29-22-2-1-12-27(16-22)15-19-3-7-20(8-4-19)23(30)26-25-14-18-5-9-21(10-6-18)28-13-11-24-17-28/h3-11,13-14,17,22,29H,1-2,12,15-16H2,(H,26,30)/b25-14+. The molecule has 7 heteroatoms. The van der Waals surface area contributed by atoms with E-state index >= 15 is 0 Å². The number of piperidine rings is 1. The maximum atomic E-state index is 12.3. The molecular formula is C23H25N5O2. The second-order valence-electron chi connectivity index (χ2n) is 7.49. The van der Waals surface area contributed by atoms with Crippen LogP contribution in [0.1, 0.15) is 34.3 Å². The zero-order chi connectivity index (χ0) is 20.8. The van der Waals surface area contributed by atoms with Crippen molar-refractivity contribution in [1.29, 1.82) is 0 Å². The number of aliphatic hydroxyl groups excluding tert-OH is 1. The number of hydrazone groups is 1. The van der Waals surface area contributed by atoms with Gasteiger partial charge in [-0.1, -0.05) is 24.3 Å². The molecule has 1 aliphatic rings. The van der Waals surface area contributed by atoms with E-state index in [1.165, 1.54) is 0 Å². The lowest BCUT2D eigenvalue weighted by atomic mass is 10.1. The predicted molar refractivity (Wildman–Crippen MR) is 116 cm³/mol. The molecule has 3 aromatic rings. The summed E-state index contributed by atoms with van der Waals surface area (Å²) in [5.41, 5.74) is 6.15. The van der Waals surface area contributed by atoms with Crippen LogP contribution in [0.15, 0.2) is 72.4 Å². The van der Waals surface area contributed by atoms with Gasteiger partial charge in [0.05, 0.1) is 18.6 Å². The highest BCUT2D eigenvalue weighted by atomic mass is 16.3. The number of imidazole rings is 1. The molecular weight excluding hydrogens is 378 g/mol. The Morgan fingerprint density at radius 3 is 2.70 bits per heavy atom. The molecule has 2 aromatic carbocycles. The summed E-state index contributed by atoms with van der Waals surface area (Å²) in [6.07, 6.45) is 8.64. The molecule has 1 saturated heterocycles. The fourth-order valence-electron chi connectivity index (χ4n) is 3.57. The monoisotopic (exact) mass is 403 g/mol. The minimum absolute atomic E-state index is 0.233. The Morgan fingerprint density at radius 2 is 2.00 bits per heavy atom. The molecule has 0 aliphatic carbocycles. The highest BCUT2D eigenvalue weighted by Gasteiger charge is 2.17. The van der Waals surface area contributed by atoms with Crippen LogP contribution in [-0.2, 0) is 6.54 Å². The van der Waals surface area contributed by atoms with Crippen LogP contribution in [0.5, 0.6) is 0 Å². The molecule has 1 aromatic heterocycles. The van der Waals surface area contributed by atoms with Crippen LogP contribution in [0, 0.1) is 0 Å². The quantitative estimate of drug-likeness (QED) is 0.490. The molecule has 0 bridgehead atoms. The molecule has 2 heterocycles. The van der Waals surface area contributed by atoms with E-state index in [1.807, 2.05) is 47.2 Å². The van der Waals surface area contributed by atoms with Crippen molar-refractivity contribution < 1.29 is 9.90 Å².